The number of rotatable bonds is 8. The number of carbonyl (C=O) groups excluding carboxylic acids is 1. The molecule has 0 fully saturated rings. The molecule has 0 saturated carbocycles. The van der Waals surface area contributed by atoms with Crippen LogP contribution in [0.5, 0.6) is 11.5 Å². The molecule has 1 amide bonds. The Morgan fingerprint density at radius 2 is 1.53 bits per heavy atom. The molecule has 0 aliphatic heterocycles. The van der Waals surface area contributed by atoms with Crippen molar-refractivity contribution in [1.29, 1.82) is 0 Å². The van der Waals surface area contributed by atoms with Crippen molar-refractivity contribution < 1.29 is 24.5 Å². The third-order valence-corrected chi connectivity index (χ3v) is 7.42. The Hall–Kier alpha value is -3.17. The van der Waals surface area contributed by atoms with E-state index in [-0.39, 0.29) is 11.8 Å². The third-order valence-electron chi connectivity index (χ3n) is 6.02. The van der Waals surface area contributed by atoms with Gasteiger partial charge in [-0.1, -0.05) is 17.7 Å². The highest BCUT2D eigenvalue weighted by Gasteiger charge is 2.32. The summed E-state index contributed by atoms with van der Waals surface area (Å²) < 4.78 is 12.9. The zero-order valence-electron chi connectivity index (χ0n) is 21.4. The van der Waals surface area contributed by atoms with Crippen LogP contribution in [-0.2, 0) is 11.2 Å². The Labute approximate surface area is 229 Å². The second-order valence-corrected chi connectivity index (χ2v) is 11.7. The van der Waals surface area contributed by atoms with Gasteiger partial charge in [0.05, 0.1) is 18.8 Å². The van der Waals surface area contributed by atoms with Crippen molar-refractivity contribution in [2.45, 2.75) is 44.8 Å². The molecule has 0 atom stereocenters. The van der Waals surface area contributed by atoms with Crippen molar-refractivity contribution in [2.75, 3.05) is 13.2 Å². The van der Waals surface area contributed by atoms with Crippen molar-refractivity contribution >= 4 is 49.2 Å². The summed E-state index contributed by atoms with van der Waals surface area (Å²) in [7, 11) is 0. The fourth-order valence-electron chi connectivity index (χ4n) is 3.99. The lowest BCUT2D eigenvalue weighted by molar-refractivity contribution is 0.0276. The van der Waals surface area contributed by atoms with Crippen LogP contribution in [0, 0.1) is 0 Å². The van der Waals surface area contributed by atoms with Crippen LogP contribution in [0.15, 0.2) is 65.5 Å². The number of aliphatic hydroxyl groups is 2. The van der Waals surface area contributed by atoms with E-state index in [1.807, 2.05) is 30.3 Å². The predicted molar refractivity (Wildman–Crippen MR) is 152 cm³/mol. The smallest absolute Gasteiger partial charge is 0.408 e. The van der Waals surface area contributed by atoms with Gasteiger partial charge < -0.3 is 25.0 Å². The van der Waals surface area contributed by atoms with E-state index in [1.54, 1.807) is 51.1 Å². The Morgan fingerprint density at radius 1 is 0.921 bits per heavy atom. The van der Waals surface area contributed by atoms with Gasteiger partial charge in [0.25, 0.3) is 0 Å². The van der Waals surface area contributed by atoms with E-state index < -0.39 is 30.4 Å². The summed E-state index contributed by atoms with van der Waals surface area (Å²) in [5.74, 6) is 1.16. The molecule has 0 unspecified atom stereocenters. The maximum atomic E-state index is 13.5. The molecule has 4 rings (SSSR count). The van der Waals surface area contributed by atoms with E-state index in [9.17, 15) is 19.8 Å². The molecule has 9 heteroatoms. The van der Waals surface area contributed by atoms with Crippen molar-refractivity contribution in [3.05, 3.63) is 81.5 Å². The summed E-state index contributed by atoms with van der Waals surface area (Å²) in [6, 6.07) is 18.1. The lowest BCUT2D eigenvalue weighted by atomic mass is 9.92. The summed E-state index contributed by atoms with van der Waals surface area (Å²) in [6.45, 7) is 4.27. The molecule has 0 spiro atoms. The van der Waals surface area contributed by atoms with Gasteiger partial charge in [-0.15, -0.1) is 11.3 Å². The molecule has 38 heavy (non-hydrogen) atoms. The molecule has 3 N–H and O–H groups in total. The standard InChI is InChI=1S/C29H30ClNO6S/c1-28(2,3)37-27(35)31-29(16-32,17-33)13-12-18-4-10-24-22(14-18)26(34)23-15-21(9-11-25(23)38-24)36-20-7-5-19(30)6-8-20/h4-11,14-15,32-33H,12-13,16-17H2,1-3H3,(H,31,35). The van der Waals surface area contributed by atoms with Crippen LogP contribution < -0.4 is 15.5 Å². The molecule has 7 nitrogen and oxygen atoms in total. The molecule has 200 valence electrons. The summed E-state index contributed by atoms with van der Waals surface area (Å²) in [4.78, 5) is 25.8. The Kier molecular flexibility index (Phi) is 8.28. The number of aryl methyl sites for hydroxylation is 1. The van der Waals surface area contributed by atoms with E-state index in [0.717, 1.165) is 15.0 Å². The maximum absolute atomic E-state index is 13.5. The van der Waals surface area contributed by atoms with E-state index in [1.165, 1.54) is 11.3 Å². The highest BCUT2D eigenvalue weighted by molar-refractivity contribution is 7.24. The number of amides is 1. The van der Waals surface area contributed by atoms with Gasteiger partial charge in [0.15, 0.2) is 5.43 Å². The van der Waals surface area contributed by atoms with Gasteiger partial charge in [0.1, 0.15) is 17.1 Å². The van der Waals surface area contributed by atoms with Crippen LogP contribution in [0.1, 0.15) is 32.8 Å². The van der Waals surface area contributed by atoms with Gasteiger partial charge in [-0.2, -0.15) is 0 Å². The topological polar surface area (TPSA) is 105 Å². The summed E-state index contributed by atoms with van der Waals surface area (Å²) in [5.41, 5.74) is -1.25. The maximum Gasteiger partial charge on any atom is 0.408 e. The average Bonchev–Trinajstić information content (AvgIpc) is 2.87. The number of aliphatic hydroxyl groups excluding tert-OH is 2. The number of fused-ring (bicyclic) bond motifs is 2. The molecule has 0 bridgehead atoms. The number of ether oxygens (including phenoxy) is 2. The molecular weight excluding hydrogens is 526 g/mol. The molecule has 1 heterocycles. The first-order chi connectivity index (χ1) is 18.0. The molecule has 0 radical (unpaired) electrons. The predicted octanol–water partition coefficient (Wildman–Crippen LogP) is 6.04. The highest BCUT2D eigenvalue weighted by Crippen LogP contribution is 2.31. The lowest BCUT2D eigenvalue weighted by Gasteiger charge is -2.32. The van der Waals surface area contributed by atoms with Gasteiger partial charge in [0, 0.05) is 25.2 Å². The van der Waals surface area contributed by atoms with E-state index in [0.29, 0.717) is 33.7 Å². The van der Waals surface area contributed by atoms with Crippen molar-refractivity contribution in [2.24, 2.45) is 0 Å². The molecular formula is C29H30ClNO6S. The zero-order valence-corrected chi connectivity index (χ0v) is 23.0. The fourth-order valence-corrected chi connectivity index (χ4v) is 5.15. The van der Waals surface area contributed by atoms with Gasteiger partial charge in [-0.05, 0) is 93.8 Å². The van der Waals surface area contributed by atoms with Crippen LogP contribution in [0.25, 0.3) is 20.2 Å². The molecule has 4 aromatic rings. The number of carbonyl (C=O) groups is 1. The molecule has 0 saturated heterocycles. The SMILES string of the molecule is CC(C)(C)OC(=O)NC(CO)(CO)CCc1ccc2sc3ccc(Oc4ccc(Cl)cc4)cc3c(=O)c2c1. The first kappa shape index (κ1) is 27.9. The number of hydrogen-bond acceptors (Lipinski definition) is 7. The molecule has 0 aliphatic rings. The monoisotopic (exact) mass is 555 g/mol. The minimum atomic E-state index is -1.27. The number of alkyl carbamates (subject to hydrolysis) is 1. The van der Waals surface area contributed by atoms with Gasteiger partial charge >= 0.3 is 6.09 Å². The number of benzene rings is 3. The normalized spacial score (nSPS) is 12.1. The van der Waals surface area contributed by atoms with Crippen LogP contribution in [-0.4, -0.2) is 40.7 Å². The molecule has 3 aromatic carbocycles. The largest absolute Gasteiger partial charge is 0.457 e. The summed E-state index contributed by atoms with van der Waals surface area (Å²) >= 11 is 7.46. The molecule has 0 aliphatic carbocycles. The van der Waals surface area contributed by atoms with E-state index in [4.69, 9.17) is 21.1 Å². The number of halogens is 1. The van der Waals surface area contributed by atoms with Crippen molar-refractivity contribution in [3.8, 4) is 11.5 Å². The lowest BCUT2D eigenvalue weighted by Crippen LogP contribution is -2.55. The van der Waals surface area contributed by atoms with Crippen LogP contribution in [0.3, 0.4) is 0 Å². The highest BCUT2D eigenvalue weighted by atomic mass is 35.5. The Bertz CT molecular complexity index is 1510. The van der Waals surface area contributed by atoms with Crippen LogP contribution >= 0.6 is 22.9 Å². The van der Waals surface area contributed by atoms with Crippen LogP contribution in [0.2, 0.25) is 5.02 Å². The van der Waals surface area contributed by atoms with Crippen molar-refractivity contribution in [3.63, 3.8) is 0 Å². The number of nitrogens with one attached hydrogen (secondary N) is 1. The zero-order chi connectivity index (χ0) is 27.5. The Balaban J connectivity index is 1.58. The summed E-state index contributed by atoms with van der Waals surface area (Å²) in [5, 5.41) is 24.3. The number of hydrogen-bond donors (Lipinski definition) is 3. The Morgan fingerprint density at radius 3 is 2.16 bits per heavy atom. The van der Waals surface area contributed by atoms with E-state index >= 15 is 0 Å². The van der Waals surface area contributed by atoms with E-state index in [2.05, 4.69) is 5.32 Å². The van der Waals surface area contributed by atoms with Gasteiger partial charge in [0.2, 0.25) is 0 Å². The average molecular weight is 556 g/mol. The first-order valence-corrected chi connectivity index (χ1v) is 13.4. The summed E-state index contributed by atoms with van der Waals surface area (Å²) in [6.07, 6.45) is -0.0603. The van der Waals surface area contributed by atoms with Crippen LogP contribution in [0.4, 0.5) is 4.79 Å². The second-order valence-electron chi connectivity index (χ2n) is 10.2. The van der Waals surface area contributed by atoms with Gasteiger partial charge in [-0.3, -0.25) is 4.79 Å². The van der Waals surface area contributed by atoms with Crippen molar-refractivity contribution in [1.82, 2.24) is 5.32 Å². The third kappa shape index (κ3) is 6.63. The second kappa shape index (κ2) is 11.3. The minimum Gasteiger partial charge on any atom is -0.457 e. The van der Waals surface area contributed by atoms with Gasteiger partial charge in [-0.25, -0.2) is 4.79 Å². The first-order valence-electron chi connectivity index (χ1n) is 12.2. The minimum absolute atomic E-state index is 0.111. The fraction of sp³-hybridized carbons (Fsp3) is 0.310. The quantitative estimate of drug-likeness (QED) is 0.229. The molecule has 1 aromatic heterocycles.